The van der Waals surface area contributed by atoms with Gasteiger partial charge in [0.2, 0.25) is 0 Å². The zero-order valence-electron chi connectivity index (χ0n) is 16.2. The summed E-state index contributed by atoms with van der Waals surface area (Å²) in [6.45, 7) is 2.89. The Morgan fingerprint density at radius 2 is 1.82 bits per heavy atom. The van der Waals surface area contributed by atoms with Gasteiger partial charge in [-0.15, -0.1) is 0 Å². The molecule has 0 amide bonds. The van der Waals surface area contributed by atoms with Crippen LogP contribution in [0.15, 0.2) is 46.2 Å². The number of imidazole rings is 1. The summed E-state index contributed by atoms with van der Waals surface area (Å²) < 4.78 is 4.02. The van der Waals surface area contributed by atoms with Crippen molar-refractivity contribution in [2.45, 2.75) is 32.0 Å². The maximum absolute atomic E-state index is 12.4. The number of aliphatic hydroxyl groups is 1. The number of hydrogen-bond acceptors (Lipinski definition) is 4. The Morgan fingerprint density at radius 3 is 2.50 bits per heavy atom. The third kappa shape index (κ3) is 4.52. The molecule has 0 bridgehead atoms. The van der Waals surface area contributed by atoms with E-state index < -0.39 is 17.4 Å². The number of benzene rings is 1. The molecule has 1 aromatic carbocycles. The lowest BCUT2D eigenvalue weighted by molar-refractivity contribution is -0.691. The summed E-state index contributed by atoms with van der Waals surface area (Å²) in [5.41, 5.74) is 1.11. The summed E-state index contributed by atoms with van der Waals surface area (Å²) in [7, 11) is 3.02. The Bertz CT molecular complexity index is 1040. The summed E-state index contributed by atoms with van der Waals surface area (Å²) >= 11 is 0. The van der Waals surface area contributed by atoms with Crippen LogP contribution in [-0.2, 0) is 27.1 Å². The fraction of sp³-hybridized carbons (Fsp3) is 0.421. The van der Waals surface area contributed by atoms with Crippen molar-refractivity contribution in [3.05, 3.63) is 63.1 Å². The van der Waals surface area contributed by atoms with Crippen molar-refractivity contribution in [1.82, 2.24) is 18.7 Å². The van der Waals surface area contributed by atoms with Crippen molar-refractivity contribution in [2.24, 2.45) is 14.1 Å². The Kier molecular flexibility index (Phi) is 7.17. The predicted octanol–water partition coefficient (Wildman–Crippen LogP) is -4.01. The molecule has 2 aromatic heterocycles. The number of rotatable bonds is 7. The molecule has 0 saturated heterocycles. The predicted molar refractivity (Wildman–Crippen MR) is 103 cm³/mol. The van der Waals surface area contributed by atoms with Crippen molar-refractivity contribution < 1.29 is 22.8 Å². The van der Waals surface area contributed by atoms with Gasteiger partial charge in [-0.2, -0.15) is 0 Å². The molecule has 28 heavy (non-hydrogen) atoms. The van der Waals surface area contributed by atoms with Crippen LogP contribution in [0, 0.1) is 0 Å². The van der Waals surface area contributed by atoms with E-state index in [0.29, 0.717) is 23.8 Å². The maximum atomic E-state index is 12.4. The van der Waals surface area contributed by atoms with E-state index in [1.165, 1.54) is 23.5 Å². The van der Waals surface area contributed by atoms with Gasteiger partial charge in [0, 0.05) is 20.5 Å². The van der Waals surface area contributed by atoms with Gasteiger partial charge in [0.1, 0.15) is 12.6 Å². The third-order valence-electron chi connectivity index (χ3n) is 4.84. The molecule has 0 aliphatic rings. The number of nitrogens with two attached hydrogens (primary N) is 1. The molecule has 2 unspecified atom stereocenters. The third-order valence-corrected chi connectivity index (χ3v) is 4.84. The fourth-order valence-electron chi connectivity index (χ4n) is 3.30. The highest BCUT2D eigenvalue weighted by molar-refractivity contribution is 5.69. The Balaban J connectivity index is 0.00000280. The van der Waals surface area contributed by atoms with E-state index in [1.54, 1.807) is 11.6 Å². The molecular weight excluding hydrogens is 382 g/mol. The zero-order valence-corrected chi connectivity index (χ0v) is 17.0. The summed E-state index contributed by atoms with van der Waals surface area (Å²) in [6.07, 6.45) is 1.79. The van der Waals surface area contributed by atoms with Crippen LogP contribution in [0.5, 0.6) is 0 Å². The van der Waals surface area contributed by atoms with Crippen LogP contribution < -0.4 is 29.0 Å². The summed E-state index contributed by atoms with van der Waals surface area (Å²) in [6, 6.07) is 10.6. The number of aromatic nitrogens is 4. The minimum Gasteiger partial charge on any atom is -1.00 e. The van der Waals surface area contributed by atoms with Gasteiger partial charge in [-0.25, -0.2) is 9.78 Å². The fourth-order valence-corrected chi connectivity index (χ4v) is 3.30. The lowest BCUT2D eigenvalue weighted by Crippen LogP contribution is -3.00. The maximum Gasteiger partial charge on any atom is 0.332 e. The van der Waals surface area contributed by atoms with Crippen LogP contribution in [0.2, 0.25) is 0 Å². The van der Waals surface area contributed by atoms with E-state index in [2.05, 4.69) is 29.4 Å². The normalized spacial score (nSPS) is 13.3. The van der Waals surface area contributed by atoms with Crippen molar-refractivity contribution in [1.29, 1.82) is 0 Å². The van der Waals surface area contributed by atoms with Crippen LogP contribution in [0.25, 0.3) is 11.2 Å². The number of hydrogen-bond donors (Lipinski definition) is 2. The highest BCUT2D eigenvalue weighted by atomic mass is 35.5. The van der Waals surface area contributed by atoms with Gasteiger partial charge in [-0.1, -0.05) is 30.3 Å². The number of aryl methyl sites for hydroxylation is 1. The molecule has 9 heteroatoms. The van der Waals surface area contributed by atoms with Gasteiger partial charge in [-0.05, 0) is 12.5 Å². The van der Waals surface area contributed by atoms with E-state index in [9.17, 15) is 14.7 Å². The lowest BCUT2D eigenvalue weighted by atomic mass is 10.1. The largest absolute Gasteiger partial charge is 1.00 e. The van der Waals surface area contributed by atoms with Crippen molar-refractivity contribution >= 4 is 11.2 Å². The summed E-state index contributed by atoms with van der Waals surface area (Å²) in [5, 5.41) is 12.5. The van der Waals surface area contributed by atoms with Gasteiger partial charge < -0.3 is 27.4 Å². The molecule has 0 spiro atoms. The molecule has 0 fully saturated rings. The lowest BCUT2D eigenvalue weighted by Gasteiger charge is -2.15. The van der Waals surface area contributed by atoms with Crippen LogP contribution in [0.3, 0.4) is 0 Å². The molecule has 2 heterocycles. The minimum atomic E-state index is -0.637. The van der Waals surface area contributed by atoms with Crippen molar-refractivity contribution in [2.75, 3.05) is 6.54 Å². The van der Waals surface area contributed by atoms with E-state index >= 15 is 0 Å². The monoisotopic (exact) mass is 407 g/mol. The average molecular weight is 408 g/mol. The molecule has 152 valence electrons. The van der Waals surface area contributed by atoms with Gasteiger partial charge >= 0.3 is 5.69 Å². The van der Waals surface area contributed by atoms with Gasteiger partial charge in [0.05, 0.1) is 18.9 Å². The number of halogens is 1. The molecule has 2 atom stereocenters. The van der Waals surface area contributed by atoms with Crippen LogP contribution in [0.1, 0.15) is 12.5 Å². The van der Waals surface area contributed by atoms with Gasteiger partial charge in [-0.3, -0.25) is 13.9 Å². The molecule has 3 N–H and O–H groups in total. The Hall–Kier alpha value is -2.42. The Labute approximate surface area is 168 Å². The SMILES string of the molecule is CC(Cc1ccccc1)[NH2+]CC(O)Cn1cnc2c1c(=O)n(C)c(=O)n2C.[Cl-]. The topological polar surface area (TPSA) is 98.7 Å². The smallest absolute Gasteiger partial charge is 0.332 e. The average Bonchev–Trinajstić information content (AvgIpc) is 3.07. The molecule has 8 nitrogen and oxygen atoms in total. The molecular formula is C19H26ClN5O3. The first kappa shape index (κ1) is 21.9. The second-order valence-electron chi connectivity index (χ2n) is 7.07. The number of nitrogens with zero attached hydrogens (tertiary/aromatic N) is 4. The first-order chi connectivity index (χ1) is 12.9. The zero-order chi connectivity index (χ0) is 19.6. The van der Waals surface area contributed by atoms with Crippen molar-refractivity contribution in [3.8, 4) is 0 Å². The molecule has 0 aliphatic carbocycles. The molecule has 0 radical (unpaired) electrons. The first-order valence-corrected chi connectivity index (χ1v) is 9.04. The molecule has 0 aliphatic heterocycles. The first-order valence-electron chi connectivity index (χ1n) is 9.04. The quantitative estimate of drug-likeness (QED) is 0.417. The molecule has 0 saturated carbocycles. The van der Waals surface area contributed by atoms with E-state index in [-0.39, 0.29) is 19.0 Å². The van der Waals surface area contributed by atoms with Crippen LogP contribution >= 0.6 is 0 Å². The summed E-state index contributed by atoms with van der Waals surface area (Å²) in [5.74, 6) is 0. The number of aliphatic hydroxyl groups excluding tert-OH is 1. The van der Waals surface area contributed by atoms with Gasteiger partial charge in [0.25, 0.3) is 5.56 Å². The number of fused-ring (bicyclic) bond motifs is 1. The second-order valence-corrected chi connectivity index (χ2v) is 7.07. The van der Waals surface area contributed by atoms with Crippen LogP contribution in [-0.4, -0.2) is 42.5 Å². The molecule has 3 rings (SSSR count). The Morgan fingerprint density at radius 1 is 1.14 bits per heavy atom. The van der Waals surface area contributed by atoms with Gasteiger partial charge in [0.15, 0.2) is 11.2 Å². The van der Waals surface area contributed by atoms with Crippen LogP contribution in [0.4, 0.5) is 0 Å². The summed E-state index contributed by atoms with van der Waals surface area (Å²) in [4.78, 5) is 28.6. The van der Waals surface area contributed by atoms with Crippen molar-refractivity contribution in [3.63, 3.8) is 0 Å². The minimum absolute atomic E-state index is 0. The highest BCUT2D eigenvalue weighted by Gasteiger charge is 2.17. The second kappa shape index (κ2) is 9.18. The van der Waals surface area contributed by atoms with E-state index in [0.717, 1.165) is 11.0 Å². The molecule has 3 aromatic rings. The standard InChI is InChI=1S/C19H25N5O3.ClH/c1-13(9-14-7-5-4-6-8-14)20-10-15(25)11-24-12-21-17-16(24)18(26)23(3)19(27)22(17)2;/h4-8,12-13,15,20,25H,9-11H2,1-3H3;1H. The number of quaternary nitrogens is 1. The highest BCUT2D eigenvalue weighted by Crippen LogP contribution is 2.06. The van der Waals surface area contributed by atoms with E-state index in [4.69, 9.17) is 0 Å². The van der Waals surface area contributed by atoms with E-state index in [1.807, 2.05) is 18.2 Å².